The van der Waals surface area contributed by atoms with Crippen molar-refractivity contribution in [2.45, 2.75) is 37.3 Å². The van der Waals surface area contributed by atoms with Gasteiger partial charge in [0.1, 0.15) is 11.9 Å². The largest absolute Gasteiger partial charge is 0.496 e. The Morgan fingerprint density at radius 3 is 2.84 bits per heavy atom. The van der Waals surface area contributed by atoms with Crippen LogP contribution in [0.4, 0.5) is 0 Å². The third-order valence-corrected chi connectivity index (χ3v) is 3.96. The number of carbonyl (C=O) groups is 1. The Hall–Kier alpha value is -1.55. The van der Waals surface area contributed by atoms with Crippen molar-refractivity contribution in [3.05, 3.63) is 29.8 Å². The van der Waals surface area contributed by atoms with Gasteiger partial charge in [-0.3, -0.25) is 4.79 Å². The van der Waals surface area contributed by atoms with Gasteiger partial charge in [0.15, 0.2) is 0 Å². The zero-order valence-electron chi connectivity index (χ0n) is 11.1. The van der Waals surface area contributed by atoms with Crippen LogP contribution in [0, 0.1) is 0 Å². The maximum Gasteiger partial charge on any atom is 0.249 e. The molecule has 1 aliphatic heterocycles. The number of ether oxygens (including phenoxy) is 2. The molecule has 0 spiro atoms. The molecule has 1 heterocycles. The smallest absolute Gasteiger partial charge is 0.249 e. The molecule has 0 aromatic heterocycles. The van der Waals surface area contributed by atoms with Gasteiger partial charge in [-0.1, -0.05) is 18.2 Å². The molecule has 19 heavy (non-hydrogen) atoms. The van der Waals surface area contributed by atoms with Crippen LogP contribution in [-0.2, 0) is 15.1 Å². The van der Waals surface area contributed by atoms with Crippen LogP contribution < -0.4 is 10.1 Å². The fourth-order valence-corrected chi connectivity index (χ4v) is 2.73. The molecule has 1 aromatic rings. The lowest BCUT2D eigenvalue weighted by atomic mass is 10.0. The number of amides is 1. The van der Waals surface area contributed by atoms with E-state index in [4.69, 9.17) is 9.47 Å². The number of methoxy groups -OCH3 is 1. The Labute approximate surface area is 113 Å². The van der Waals surface area contributed by atoms with Crippen LogP contribution in [0.1, 0.15) is 31.2 Å². The predicted molar refractivity (Wildman–Crippen MR) is 71.0 cm³/mol. The number of hydrogen-bond acceptors (Lipinski definition) is 3. The molecule has 1 unspecified atom stereocenters. The fraction of sp³-hybridized carbons (Fsp3) is 0.533. The van der Waals surface area contributed by atoms with Gasteiger partial charge >= 0.3 is 0 Å². The SMILES string of the molecule is COc1ccccc1C1(NC(=O)C2CCCO2)CC1. The van der Waals surface area contributed by atoms with E-state index >= 15 is 0 Å². The first-order valence-electron chi connectivity index (χ1n) is 6.82. The van der Waals surface area contributed by atoms with E-state index in [1.54, 1.807) is 7.11 Å². The standard InChI is InChI=1S/C15H19NO3/c1-18-12-6-3-2-5-11(12)15(8-9-15)16-14(17)13-7-4-10-19-13/h2-3,5-6,13H,4,7-10H2,1H3,(H,16,17). The molecule has 1 saturated heterocycles. The number of rotatable bonds is 4. The Kier molecular flexibility index (Phi) is 3.19. The van der Waals surface area contributed by atoms with Gasteiger partial charge in [0.25, 0.3) is 0 Å². The van der Waals surface area contributed by atoms with Crippen LogP contribution in [0.3, 0.4) is 0 Å². The van der Waals surface area contributed by atoms with E-state index in [-0.39, 0.29) is 17.6 Å². The van der Waals surface area contributed by atoms with Crippen molar-refractivity contribution in [2.24, 2.45) is 0 Å². The van der Waals surface area contributed by atoms with E-state index < -0.39 is 0 Å². The first kappa shape index (κ1) is 12.5. The second kappa shape index (κ2) is 4.85. The monoisotopic (exact) mass is 261 g/mol. The number of carbonyl (C=O) groups excluding carboxylic acids is 1. The van der Waals surface area contributed by atoms with E-state index in [1.165, 1.54) is 0 Å². The summed E-state index contributed by atoms with van der Waals surface area (Å²) in [4.78, 5) is 12.2. The van der Waals surface area contributed by atoms with Gasteiger partial charge in [-0.25, -0.2) is 0 Å². The highest BCUT2D eigenvalue weighted by atomic mass is 16.5. The molecule has 4 nitrogen and oxygen atoms in total. The van der Waals surface area contributed by atoms with Crippen molar-refractivity contribution in [2.75, 3.05) is 13.7 Å². The van der Waals surface area contributed by atoms with Crippen molar-refractivity contribution in [3.63, 3.8) is 0 Å². The van der Waals surface area contributed by atoms with Gasteiger partial charge in [0, 0.05) is 12.2 Å². The van der Waals surface area contributed by atoms with Crippen LogP contribution in [0.2, 0.25) is 0 Å². The second-order valence-corrected chi connectivity index (χ2v) is 5.27. The average Bonchev–Trinajstić information content (AvgIpc) is 3.01. The molecule has 1 aromatic carbocycles. The van der Waals surface area contributed by atoms with E-state index in [0.29, 0.717) is 6.61 Å². The summed E-state index contributed by atoms with van der Waals surface area (Å²) in [5.74, 6) is 0.855. The summed E-state index contributed by atoms with van der Waals surface area (Å²) < 4.78 is 10.8. The van der Waals surface area contributed by atoms with Crippen LogP contribution in [0.15, 0.2) is 24.3 Å². The third-order valence-electron chi connectivity index (χ3n) is 3.96. The van der Waals surface area contributed by atoms with Gasteiger partial charge in [-0.15, -0.1) is 0 Å². The number of benzene rings is 1. The predicted octanol–water partition coefficient (Wildman–Crippen LogP) is 1.98. The molecule has 1 N–H and O–H groups in total. The minimum absolute atomic E-state index is 0.0147. The zero-order chi connectivity index (χ0) is 13.3. The first-order valence-corrected chi connectivity index (χ1v) is 6.82. The molecule has 0 radical (unpaired) electrons. The summed E-state index contributed by atoms with van der Waals surface area (Å²) >= 11 is 0. The first-order chi connectivity index (χ1) is 9.25. The second-order valence-electron chi connectivity index (χ2n) is 5.27. The van der Waals surface area contributed by atoms with Gasteiger partial charge in [0.2, 0.25) is 5.91 Å². The molecule has 3 rings (SSSR count). The molecular formula is C15H19NO3. The molecule has 2 aliphatic rings. The van der Waals surface area contributed by atoms with Crippen molar-refractivity contribution in [1.29, 1.82) is 0 Å². The molecule has 4 heteroatoms. The van der Waals surface area contributed by atoms with Crippen LogP contribution in [-0.4, -0.2) is 25.7 Å². The Morgan fingerprint density at radius 1 is 1.42 bits per heavy atom. The summed E-state index contributed by atoms with van der Waals surface area (Å²) in [7, 11) is 1.66. The summed E-state index contributed by atoms with van der Waals surface area (Å²) in [6.45, 7) is 0.694. The van der Waals surface area contributed by atoms with Crippen molar-refractivity contribution >= 4 is 5.91 Å². The summed E-state index contributed by atoms with van der Waals surface area (Å²) in [5, 5.41) is 3.16. The minimum atomic E-state index is -0.271. The van der Waals surface area contributed by atoms with Gasteiger partial charge in [-0.05, 0) is 31.7 Å². The summed E-state index contributed by atoms with van der Waals surface area (Å²) in [5.41, 5.74) is 0.833. The molecule has 2 fully saturated rings. The van der Waals surface area contributed by atoms with E-state index in [2.05, 4.69) is 5.32 Å². The Morgan fingerprint density at radius 2 is 2.21 bits per heavy atom. The van der Waals surface area contributed by atoms with Crippen molar-refractivity contribution in [3.8, 4) is 5.75 Å². The van der Waals surface area contributed by atoms with Gasteiger partial charge < -0.3 is 14.8 Å². The maximum absolute atomic E-state index is 12.2. The van der Waals surface area contributed by atoms with Gasteiger partial charge in [-0.2, -0.15) is 0 Å². The molecular weight excluding hydrogens is 242 g/mol. The minimum Gasteiger partial charge on any atom is -0.496 e. The number of para-hydroxylation sites is 1. The highest BCUT2D eigenvalue weighted by Crippen LogP contribution is 2.49. The molecule has 102 valence electrons. The van der Waals surface area contributed by atoms with Crippen molar-refractivity contribution in [1.82, 2.24) is 5.32 Å². The van der Waals surface area contributed by atoms with Crippen LogP contribution >= 0.6 is 0 Å². The van der Waals surface area contributed by atoms with E-state index in [1.807, 2.05) is 24.3 Å². The lowest BCUT2D eigenvalue weighted by Crippen LogP contribution is -2.41. The normalized spacial score (nSPS) is 23.9. The van der Waals surface area contributed by atoms with E-state index in [9.17, 15) is 4.79 Å². The molecule has 1 amide bonds. The van der Waals surface area contributed by atoms with Crippen molar-refractivity contribution < 1.29 is 14.3 Å². The van der Waals surface area contributed by atoms with Crippen LogP contribution in [0.25, 0.3) is 0 Å². The Balaban J connectivity index is 1.77. The molecule has 1 saturated carbocycles. The quantitative estimate of drug-likeness (QED) is 0.901. The molecule has 1 aliphatic carbocycles. The summed E-state index contributed by atoms with van der Waals surface area (Å²) in [6, 6.07) is 7.89. The highest BCUT2D eigenvalue weighted by Gasteiger charge is 2.48. The Bertz CT molecular complexity index is 476. The lowest BCUT2D eigenvalue weighted by Gasteiger charge is -2.22. The summed E-state index contributed by atoms with van der Waals surface area (Å²) in [6.07, 6.45) is 3.46. The highest BCUT2D eigenvalue weighted by molar-refractivity contribution is 5.82. The fourth-order valence-electron chi connectivity index (χ4n) is 2.73. The third kappa shape index (κ3) is 2.32. The zero-order valence-corrected chi connectivity index (χ0v) is 11.1. The molecule has 1 atom stereocenters. The lowest BCUT2D eigenvalue weighted by molar-refractivity contribution is -0.131. The topological polar surface area (TPSA) is 47.6 Å². The van der Waals surface area contributed by atoms with Gasteiger partial charge in [0.05, 0.1) is 12.6 Å². The van der Waals surface area contributed by atoms with Crippen LogP contribution in [0.5, 0.6) is 5.75 Å². The number of hydrogen-bond donors (Lipinski definition) is 1. The average molecular weight is 261 g/mol. The van der Waals surface area contributed by atoms with E-state index in [0.717, 1.165) is 37.0 Å². The maximum atomic E-state index is 12.2. The number of nitrogens with one attached hydrogen (secondary N) is 1. The molecule has 0 bridgehead atoms.